The summed E-state index contributed by atoms with van der Waals surface area (Å²) in [6.07, 6.45) is 0. The number of nitrogens with one attached hydrogen (secondary N) is 1. The molecule has 0 fully saturated rings. The van der Waals surface area contributed by atoms with Crippen LogP contribution in [0.1, 0.15) is 26.3 Å². The van der Waals surface area contributed by atoms with Crippen LogP contribution in [0, 0.1) is 0 Å². The summed E-state index contributed by atoms with van der Waals surface area (Å²) < 4.78 is 28.4. The van der Waals surface area contributed by atoms with Crippen LogP contribution in [-0.4, -0.2) is 43.8 Å². The van der Waals surface area contributed by atoms with E-state index in [1.54, 1.807) is 25.1 Å². The molecule has 3 aromatic rings. The van der Waals surface area contributed by atoms with Crippen molar-refractivity contribution in [1.82, 2.24) is 10.2 Å². The molecule has 3 rings (SSSR count). The fourth-order valence-corrected chi connectivity index (χ4v) is 5.63. The van der Waals surface area contributed by atoms with Gasteiger partial charge in [0.1, 0.15) is 12.6 Å². The molecular weight excluding hydrogens is 533 g/mol. The van der Waals surface area contributed by atoms with Crippen molar-refractivity contribution in [3.8, 4) is 0 Å². The van der Waals surface area contributed by atoms with Crippen molar-refractivity contribution in [2.45, 2.75) is 44.3 Å². The van der Waals surface area contributed by atoms with Crippen LogP contribution in [0.5, 0.6) is 0 Å². The Morgan fingerprint density at radius 3 is 1.95 bits per heavy atom. The average Bonchev–Trinajstić information content (AvgIpc) is 2.85. The van der Waals surface area contributed by atoms with E-state index in [4.69, 9.17) is 23.2 Å². The van der Waals surface area contributed by atoms with E-state index in [0.29, 0.717) is 0 Å². The highest BCUT2D eigenvalue weighted by atomic mass is 35.5. The Balaban J connectivity index is 2.04. The highest BCUT2D eigenvalue weighted by Crippen LogP contribution is 2.30. The van der Waals surface area contributed by atoms with Gasteiger partial charge in [-0.15, -0.1) is 0 Å². The van der Waals surface area contributed by atoms with E-state index < -0.39 is 28.5 Å². The van der Waals surface area contributed by atoms with Crippen LogP contribution in [-0.2, 0) is 26.2 Å². The molecule has 0 bridgehead atoms. The molecular formula is C27H29Cl2N3O4S. The quantitative estimate of drug-likeness (QED) is 0.371. The summed E-state index contributed by atoms with van der Waals surface area (Å²) in [4.78, 5) is 28.0. The van der Waals surface area contributed by atoms with E-state index in [1.165, 1.54) is 35.2 Å². The smallest absolute Gasteiger partial charge is 0.264 e. The van der Waals surface area contributed by atoms with Crippen LogP contribution in [0.2, 0.25) is 10.0 Å². The van der Waals surface area contributed by atoms with Crippen LogP contribution in [0.4, 0.5) is 5.69 Å². The van der Waals surface area contributed by atoms with E-state index >= 15 is 0 Å². The number of carbonyl (C=O) groups excluding carboxylic acids is 2. The molecule has 0 saturated heterocycles. The first-order valence-corrected chi connectivity index (χ1v) is 13.9. The number of rotatable bonds is 10. The topological polar surface area (TPSA) is 86.8 Å². The van der Waals surface area contributed by atoms with Crippen LogP contribution in [0.25, 0.3) is 0 Å². The lowest BCUT2D eigenvalue weighted by Gasteiger charge is -2.32. The zero-order valence-electron chi connectivity index (χ0n) is 20.8. The van der Waals surface area contributed by atoms with Crippen molar-refractivity contribution in [3.63, 3.8) is 0 Å². The molecule has 0 heterocycles. The summed E-state index contributed by atoms with van der Waals surface area (Å²) in [6.45, 7) is 4.81. The van der Waals surface area contributed by atoms with Crippen molar-refractivity contribution in [3.05, 3.63) is 94.5 Å². The van der Waals surface area contributed by atoms with Crippen LogP contribution in [0.15, 0.2) is 83.8 Å². The summed E-state index contributed by atoms with van der Waals surface area (Å²) in [7, 11) is -4.19. The van der Waals surface area contributed by atoms with Gasteiger partial charge in [0, 0.05) is 22.6 Å². The van der Waals surface area contributed by atoms with E-state index in [1.807, 2.05) is 44.2 Å². The fourth-order valence-electron chi connectivity index (χ4n) is 3.70. The maximum atomic E-state index is 13.8. The summed E-state index contributed by atoms with van der Waals surface area (Å²) in [5, 5.41) is 3.25. The lowest BCUT2D eigenvalue weighted by molar-refractivity contribution is -0.139. The molecule has 1 N–H and O–H groups in total. The largest absolute Gasteiger partial charge is 0.352 e. The zero-order valence-corrected chi connectivity index (χ0v) is 23.1. The highest BCUT2D eigenvalue weighted by Gasteiger charge is 2.32. The number of anilines is 1. The predicted octanol–water partition coefficient (Wildman–Crippen LogP) is 5.13. The van der Waals surface area contributed by atoms with Crippen LogP contribution < -0.4 is 9.62 Å². The second-order valence-electron chi connectivity index (χ2n) is 8.80. The van der Waals surface area contributed by atoms with Crippen molar-refractivity contribution in [2.24, 2.45) is 0 Å². The fraction of sp³-hybridized carbons (Fsp3) is 0.259. The molecule has 0 aromatic heterocycles. The van der Waals surface area contributed by atoms with E-state index in [-0.39, 0.29) is 39.1 Å². The molecule has 1 unspecified atom stereocenters. The predicted molar refractivity (Wildman–Crippen MR) is 147 cm³/mol. The van der Waals surface area contributed by atoms with Crippen molar-refractivity contribution >= 4 is 50.7 Å². The Morgan fingerprint density at radius 2 is 1.41 bits per heavy atom. The van der Waals surface area contributed by atoms with Crippen LogP contribution >= 0.6 is 23.2 Å². The highest BCUT2D eigenvalue weighted by molar-refractivity contribution is 7.92. The second kappa shape index (κ2) is 12.4. The van der Waals surface area contributed by atoms with Gasteiger partial charge >= 0.3 is 0 Å². The van der Waals surface area contributed by atoms with Gasteiger partial charge in [0.25, 0.3) is 10.0 Å². The minimum absolute atomic E-state index is 0.000827. The number of nitrogens with zero attached hydrogens (tertiary/aromatic N) is 2. The first kappa shape index (κ1) is 28.5. The van der Waals surface area contributed by atoms with Crippen molar-refractivity contribution in [1.29, 1.82) is 0 Å². The number of amides is 2. The molecule has 2 amide bonds. The van der Waals surface area contributed by atoms with Gasteiger partial charge in [-0.2, -0.15) is 0 Å². The Morgan fingerprint density at radius 1 is 0.865 bits per heavy atom. The SMILES string of the molecule is CC(C)NC(=O)C(C)N(Cc1ccccc1)C(=O)CN(c1cc(Cl)cc(Cl)c1)S(=O)(=O)c1ccccc1. The molecule has 0 aliphatic carbocycles. The van der Waals surface area contributed by atoms with E-state index in [0.717, 1.165) is 9.87 Å². The molecule has 1 atom stereocenters. The molecule has 10 heteroatoms. The number of benzene rings is 3. The number of hydrogen-bond acceptors (Lipinski definition) is 4. The maximum Gasteiger partial charge on any atom is 0.264 e. The number of hydrogen-bond donors (Lipinski definition) is 1. The minimum Gasteiger partial charge on any atom is -0.352 e. The van der Waals surface area contributed by atoms with Gasteiger partial charge in [0.15, 0.2) is 0 Å². The van der Waals surface area contributed by atoms with Gasteiger partial charge in [-0.05, 0) is 56.7 Å². The third-order valence-corrected chi connectivity index (χ3v) is 7.76. The number of sulfonamides is 1. The molecule has 0 spiro atoms. The zero-order chi connectivity index (χ0) is 27.2. The summed E-state index contributed by atoms with van der Waals surface area (Å²) in [5.41, 5.74) is 0.928. The second-order valence-corrected chi connectivity index (χ2v) is 11.5. The van der Waals surface area contributed by atoms with Crippen LogP contribution in [0.3, 0.4) is 0 Å². The molecule has 7 nitrogen and oxygen atoms in total. The van der Waals surface area contributed by atoms with Crippen molar-refractivity contribution in [2.75, 3.05) is 10.8 Å². The Labute approximate surface area is 228 Å². The third kappa shape index (κ3) is 7.47. The molecule has 0 aliphatic heterocycles. The van der Waals surface area contributed by atoms with Gasteiger partial charge in [0.2, 0.25) is 11.8 Å². The van der Waals surface area contributed by atoms with E-state index in [2.05, 4.69) is 5.32 Å². The summed E-state index contributed by atoms with van der Waals surface area (Å²) in [5.74, 6) is -0.909. The first-order chi connectivity index (χ1) is 17.5. The Hall–Kier alpha value is -3.07. The maximum absolute atomic E-state index is 13.8. The normalized spacial score (nSPS) is 12.2. The van der Waals surface area contributed by atoms with Gasteiger partial charge in [-0.3, -0.25) is 13.9 Å². The molecule has 3 aromatic carbocycles. The minimum atomic E-state index is -4.19. The van der Waals surface area contributed by atoms with Gasteiger partial charge in [-0.25, -0.2) is 8.42 Å². The van der Waals surface area contributed by atoms with Gasteiger partial charge < -0.3 is 10.2 Å². The summed E-state index contributed by atoms with van der Waals surface area (Å²) in [6, 6.07) is 20.3. The van der Waals surface area contributed by atoms with Gasteiger partial charge in [-0.1, -0.05) is 71.7 Å². The molecule has 0 saturated carbocycles. The average molecular weight is 563 g/mol. The van der Waals surface area contributed by atoms with E-state index in [9.17, 15) is 18.0 Å². The molecule has 0 radical (unpaired) electrons. The lowest BCUT2D eigenvalue weighted by Crippen LogP contribution is -2.52. The standard InChI is InChI=1S/C27H29Cl2N3O4S/c1-19(2)30-27(34)20(3)31(17-21-10-6-4-7-11-21)26(33)18-32(24-15-22(28)14-23(29)16-24)37(35,36)25-12-8-5-9-13-25/h4-16,19-20H,17-18H2,1-3H3,(H,30,34). The van der Waals surface area contributed by atoms with Gasteiger partial charge in [0.05, 0.1) is 10.6 Å². The molecule has 0 aliphatic rings. The molecule has 196 valence electrons. The first-order valence-electron chi connectivity index (χ1n) is 11.7. The number of carbonyl (C=O) groups is 2. The van der Waals surface area contributed by atoms with Crippen molar-refractivity contribution < 1.29 is 18.0 Å². The summed E-state index contributed by atoms with van der Waals surface area (Å²) >= 11 is 12.4. The Bertz CT molecular complexity index is 1320. The monoisotopic (exact) mass is 561 g/mol. The number of halogens is 2. The third-order valence-electron chi connectivity index (χ3n) is 5.54. The molecule has 37 heavy (non-hydrogen) atoms. The Kier molecular flexibility index (Phi) is 9.59. The lowest BCUT2D eigenvalue weighted by atomic mass is 10.1.